The molecule has 136 valence electrons. The van der Waals surface area contributed by atoms with Crippen LogP contribution in [0.25, 0.3) is 11.0 Å². The fourth-order valence-electron chi connectivity index (χ4n) is 3.86. The maximum atomic E-state index is 12.7. The summed E-state index contributed by atoms with van der Waals surface area (Å²) in [6.45, 7) is 6.38. The lowest BCUT2D eigenvalue weighted by Gasteiger charge is -2.32. The van der Waals surface area contributed by atoms with Crippen molar-refractivity contribution in [2.45, 2.75) is 45.6 Å². The van der Waals surface area contributed by atoms with Crippen molar-refractivity contribution in [2.24, 2.45) is 0 Å². The van der Waals surface area contributed by atoms with Crippen molar-refractivity contribution in [3.63, 3.8) is 0 Å². The lowest BCUT2D eigenvalue weighted by Crippen LogP contribution is -2.39. The molecule has 1 amide bonds. The molecule has 3 aromatic rings. The SMILES string of the molecule is CCCn1c(C2CCCN(C(=O)c3cc(C)no3)C2)nc2ccccc21. The number of likely N-dealkylation sites (tertiary alicyclic amines) is 1. The highest BCUT2D eigenvalue weighted by atomic mass is 16.5. The molecule has 0 N–H and O–H groups in total. The van der Waals surface area contributed by atoms with Crippen LogP contribution in [0.2, 0.25) is 0 Å². The second kappa shape index (κ2) is 6.94. The normalized spacial score (nSPS) is 17.8. The van der Waals surface area contributed by atoms with Crippen LogP contribution in [-0.2, 0) is 6.54 Å². The number of amides is 1. The highest BCUT2D eigenvalue weighted by molar-refractivity contribution is 5.91. The zero-order chi connectivity index (χ0) is 18.1. The molecule has 1 aromatic carbocycles. The van der Waals surface area contributed by atoms with Gasteiger partial charge in [-0.2, -0.15) is 0 Å². The summed E-state index contributed by atoms with van der Waals surface area (Å²) >= 11 is 0. The molecule has 4 rings (SSSR count). The molecule has 0 aliphatic carbocycles. The van der Waals surface area contributed by atoms with E-state index < -0.39 is 0 Å². The van der Waals surface area contributed by atoms with Gasteiger partial charge in [0.15, 0.2) is 0 Å². The third kappa shape index (κ3) is 3.00. The minimum Gasteiger partial charge on any atom is -0.351 e. The van der Waals surface area contributed by atoms with E-state index in [-0.39, 0.29) is 11.8 Å². The molecule has 0 saturated carbocycles. The van der Waals surface area contributed by atoms with Gasteiger partial charge in [-0.1, -0.05) is 24.2 Å². The van der Waals surface area contributed by atoms with E-state index in [2.05, 4.69) is 34.8 Å². The Balaban J connectivity index is 1.62. The first kappa shape index (κ1) is 16.8. The van der Waals surface area contributed by atoms with Crippen molar-refractivity contribution in [3.05, 3.63) is 47.6 Å². The smallest absolute Gasteiger partial charge is 0.292 e. The molecule has 1 atom stereocenters. The van der Waals surface area contributed by atoms with Gasteiger partial charge in [-0.3, -0.25) is 4.79 Å². The molecule has 1 unspecified atom stereocenters. The van der Waals surface area contributed by atoms with E-state index in [1.54, 1.807) is 6.07 Å². The average Bonchev–Trinajstić information content (AvgIpc) is 3.26. The number of rotatable bonds is 4. The zero-order valence-corrected chi connectivity index (χ0v) is 15.3. The standard InChI is InChI=1S/C20H24N4O2/c1-3-10-24-17-9-5-4-8-16(17)21-19(24)15-7-6-11-23(13-15)20(25)18-12-14(2)22-26-18/h4-5,8-9,12,15H,3,6-7,10-11,13H2,1-2H3. The van der Waals surface area contributed by atoms with Gasteiger partial charge in [0.25, 0.3) is 5.91 Å². The summed E-state index contributed by atoms with van der Waals surface area (Å²) in [6, 6.07) is 9.98. The van der Waals surface area contributed by atoms with E-state index in [1.165, 1.54) is 5.52 Å². The number of nitrogens with zero attached hydrogens (tertiary/aromatic N) is 4. The predicted molar refractivity (Wildman–Crippen MR) is 99.1 cm³/mol. The van der Waals surface area contributed by atoms with Gasteiger partial charge in [-0.25, -0.2) is 4.98 Å². The van der Waals surface area contributed by atoms with E-state index in [0.717, 1.165) is 49.4 Å². The van der Waals surface area contributed by atoms with Gasteiger partial charge in [0.2, 0.25) is 5.76 Å². The molecule has 6 nitrogen and oxygen atoms in total. The minimum absolute atomic E-state index is 0.0755. The topological polar surface area (TPSA) is 64.2 Å². The summed E-state index contributed by atoms with van der Waals surface area (Å²) in [4.78, 5) is 19.5. The number of benzene rings is 1. The molecule has 2 aromatic heterocycles. The molecular formula is C20H24N4O2. The highest BCUT2D eigenvalue weighted by Crippen LogP contribution is 2.30. The highest BCUT2D eigenvalue weighted by Gasteiger charge is 2.30. The second-order valence-electron chi connectivity index (χ2n) is 7.03. The minimum atomic E-state index is -0.0755. The average molecular weight is 352 g/mol. The molecule has 3 heterocycles. The summed E-state index contributed by atoms with van der Waals surface area (Å²) < 4.78 is 7.49. The van der Waals surface area contributed by atoms with Crippen LogP contribution >= 0.6 is 0 Å². The molecule has 0 bridgehead atoms. The number of carbonyl (C=O) groups excluding carboxylic acids is 1. The van der Waals surface area contributed by atoms with Gasteiger partial charge in [0.05, 0.1) is 16.7 Å². The van der Waals surface area contributed by atoms with Crippen LogP contribution in [0.1, 0.15) is 54.2 Å². The van der Waals surface area contributed by atoms with Crippen molar-refractivity contribution < 1.29 is 9.32 Å². The van der Waals surface area contributed by atoms with Crippen LogP contribution in [0.3, 0.4) is 0 Å². The Morgan fingerprint density at radius 1 is 1.35 bits per heavy atom. The third-order valence-corrected chi connectivity index (χ3v) is 5.04. The van der Waals surface area contributed by atoms with Crippen LogP contribution in [0, 0.1) is 6.92 Å². The summed E-state index contributed by atoms with van der Waals surface area (Å²) in [5.74, 6) is 1.59. The molecule has 1 fully saturated rings. The largest absolute Gasteiger partial charge is 0.351 e. The van der Waals surface area contributed by atoms with Crippen LogP contribution in [0.15, 0.2) is 34.9 Å². The van der Waals surface area contributed by atoms with Crippen LogP contribution in [0.5, 0.6) is 0 Å². The second-order valence-corrected chi connectivity index (χ2v) is 7.03. The number of aromatic nitrogens is 3. The van der Waals surface area contributed by atoms with Gasteiger partial charge < -0.3 is 14.0 Å². The Hall–Kier alpha value is -2.63. The van der Waals surface area contributed by atoms with Gasteiger partial charge in [-0.15, -0.1) is 0 Å². The van der Waals surface area contributed by atoms with Crippen molar-refractivity contribution in [2.75, 3.05) is 13.1 Å². The Bertz CT molecular complexity index is 927. The molecule has 6 heteroatoms. The number of hydrogen-bond donors (Lipinski definition) is 0. The monoisotopic (exact) mass is 352 g/mol. The summed E-state index contributed by atoms with van der Waals surface area (Å²) in [5.41, 5.74) is 2.94. The van der Waals surface area contributed by atoms with Gasteiger partial charge >= 0.3 is 0 Å². The van der Waals surface area contributed by atoms with Crippen molar-refractivity contribution in [3.8, 4) is 0 Å². The van der Waals surface area contributed by atoms with Crippen molar-refractivity contribution in [1.29, 1.82) is 0 Å². The van der Waals surface area contributed by atoms with E-state index in [4.69, 9.17) is 9.51 Å². The first-order valence-electron chi connectivity index (χ1n) is 9.35. The maximum Gasteiger partial charge on any atom is 0.292 e. The number of fused-ring (bicyclic) bond motifs is 1. The zero-order valence-electron chi connectivity index (χ0n) is 15.3. The molecule has 1 aliphatic rings. The Morgan fingerprint density at radius 2 is 2.19 bits per heavy atom. The number of aryl methyl sites for hydroxylation is 2. The van der Waals surface area contributed by atoms with E-state index in [1.807, 2.05) is 17.9 Å². The van der Waals surface area contributed by atoms with E-state index >= 15 is 0 Å². The molecular weight excluding hydrogens is 328 g/mol. The Morgan fingerprint density at radius 3 is 2.96 bits per heavy atom. The summed E-state index contributed by atoms with van der Waals surface area (Å²) in [5, 5.41) is 3.84. The predicted octanol–water partition coefficient (Wildman–Crippen LogP) is 3.76. The number of hydrogen-bond acceptors (Lipinski definition) is 4. The van der Waals surface area contributed by atoms with Gasteiger partial charge in [0.1, 0.15) is 5.82 Å². The number of carbonyl (C=O) groups is 1. The fraction of sp³-hybridized carbons (Fsp3) is 0.450. The molecule has 1 aliphatic heterocycles. The maximum absolute atomic E-state index is 12.7. The molecule has 26 heavy (non-hydrogen) atoms. The number of piperidine rings is 1. The van der Waals surface area contributed by atoms with Crippen molar-refractivity contribution in [1.82, 2.24) is 19.6 Å². The van der Waals surface area contributed by atoms with E-state index in [9.17, 15) is 4.79 Å². The lowest BCUT2D eigenvalue weighted by atomic mass is 9.96. The first-order chi connectivity index (χ1) is 12.7. The molecule has 0 radical (unpaired) electrons. The lowest BCUT2D eigenvalue weighted by molar-refractivity contribution is 0.0661. The first-order valence-corrected chi connectivity index (χ1v) is 9.35. The summed E-state index contributed by atoms with van der Waals surface area (Å²) in [6.07, 6.45) is 3.07. The Kier molecular flexibility index (Phi) is 4.49. The van der Waals surface area contributed by atoms with Gasteiger partial charge in [-0.05, 0) is 38.3 Å². The van der Waals surface area contributed by atoms with Crippen LogP contribution in [-0.4, -0.2) is 38.6 Å². The third-order valence-electron chi connectivity index (χ3n) is 5.04. The van der Waals surface area contributed by atoms with Crippen molar-refractivity contribution >= 4 is 16.9 Å². The van der Waals surface area contributed by atoms with Gasteiger partial charge in [0, 0.05) is 31.6 Å². The molecule has 1 saturated heterocycles. The van der Waals surface area contributed by atoms with Crippen LogP contribution in [0.4, 0.5) is 0 Å². The number of para-hydroxylation sites is 2. The summed E-state index contributed by atoms with van der Waals surface area (Å²) in [7, 11) is 0. The van der Waals surface area contributed by atoms with Crippen LogP contribution < -0.4 is 0 Å². The number of imidazole rings is 1. The quantitative estimate of drug-likeness (QED) is 0.717. The van der Waals surface area contributed by atoms with E-state index in [0.29, 0.717) is 12.3 Å². The Labute approximate surface area is 152 Å². The molecule has 0 spiro atoms. The fourth-order valence-corrected chi connectivity index (χ4v) is 3.86.